The van der Waals surface area contributed by atoms with Gasteiger partial charge in [0.05, 0.1) is 5.60 Å². The second-order valence-corrected chi connectivity index (χ2v) is 4.06. The Hall–Kier alpha value is -0.240. The van der Waals surface area contributed by atoms with Gasteiger partial charge >= 0.3 is 0 Å². The van der Waals surface area contributed by atoms with Crippen LogP contribution < -0.4 is 0 Å². The van der Waals surface area contributed by atoms with Gasteiger partial charge in [0.15, 0.2) is 0 Å². The topological polar surface area (TPSA) is 20.2 Å². The lowest BCUT2D eigenvalue weighted by atomic mass is 10.1. The van der Waals surface area contributed by atoms with E-state index in [9.17, 15) is 5.11 Å². The molecule has 0 aliphatic heterocycles. The van der Waals surface area contributed by atoms with Crippen LogP contribution in [-0.4, -0.2) is 5.11 Å². The summed E-state index contributed by atoms with van der Waals surface area (Å²) in [5.74, 6) is 0. The maximum absolute atomic E-state index is 9.73. The van der Waals surface area contributed by atoms with E-state index in [4.69, 9.17) is 23.2 Å². The molecule has 0 aromatic heterocycles. The summed E-state index contributed by atoms with van der Waals surface area (Å²) in [6.07, 6.45) is 1.62. The van der Waals surface area contributed by atoms with E-state index in [2.05, 4.69) is 0 Å². The Morgan fingerprint density at radius 2 is 1.58 bits per heavy atom. The third-order valence-corrected chi connectivity index (χ3v) is 2.56. The van der Waals surface area contributed by atoms with Crippen molar-refractivity contribution in [1.29, 1.82) is 0 Å². The lowest BCUT2D eigenvalue weighted by Crippen LogP contribution is -2.03. The van der Waals surface area contributed by atoms with E-state index < -0.39 is 5.60 Å². The molecule has 1 fully saturated rings. The minimum Gasteiger partial charge on any atom is -0.385 e. The van der Waals surface area contributed by atoms with Gasteiger partial charge in [-0.3, -0.25) is 0 Å². The Balaban J connectivity index is 2.44. The highest BCUT2D eigenvalue weighted by Gasteiger charge is 2.42. The fourth-order valence-electron chi connectivity index (χ4n) is 1.23. The van der Waals surface area contributed by atoms with Crippen molar-refractivity contribution in [2.45, 2.75) is 18.4 Å². The van der Waals surface area contributed by atoms with Crippen LogP contribution in [0.1, 0.15) is 18.4 Å². The molecule has 3 heteroatoms. The summed E-state index contributed by atoms with van der Waals surface area (Å²) in [5, 5.41) is 10.9. The van der Waals surface area contributed by atoms with Gasteiger partial charge in [0.25, 0.3) is 0 Å². The lowest BCUT2D eigenvalue weighted by Gasteiger charge is -2.08. The first-order chi connectivity index (χ1) is 5.60. The third kappa shape index (κ3) is 1.45. The predicted octanol–water partition coefficient (Wildman–Crippen LogP) is 2.97. The molecule has 0 spiro atoms. The van der Waals surface area contributed by atoms with Crippen LogP contribution in [0.4, 0.5) is 0 Å². The summed E-state index contributed by atoms with van der Waals surface area (Å²) in [7, 11) is 0. The number of halogens is 2. The molecule has 64 valence electrons. The first-order valence-corrected chi connectivity index (χ1v) is 4.55. The molecule has 0 atom stereocenters. The zero-order valence-electron chi connectivity index (χ0n) is 6.35. The minimum absolute atomic E-state index is 0.581. The number of hydrogen-bond donors (Lipinski definition) is 1. The Morgan fingerprint density at radius 1 is 1.08 bits per heavy atom. The fourth-order valence-corrected chi connectivity index (χ4v) is 1.76. The average Bonchev–Trinajstić information content (AvgIpc) is 2.67. The summed E-state index contributed by atoms with van der Waals surface area (Å²) in [4.78, 5) is 0. The van der Waals surface area contributed by atoms with Crippen LogP contribution in [0.2, 0.25) is 10.0 Å². The SMILES string of the molecule is OC1(c2cc(Cl)cc(Cl)c2)CC1. The standard InChI is InChI=1S/C9H8Cl2O/c10-7-3-6(4-8(11)5-7)9(12)1-2-9/h3-5,12H,1-2H2. The molecular formula is C9H8Cl2O. The van der Waals surface area contributed by atoms with E-state index in [-0.39, 0.29) is 0 Å². The van der Waals surface area contributed by atoms with Crippen molar-refractivity contribution in [3.63, 3.8) is 0 Å². The smallest absolute Gasteiger partial charge is 0.0900 e. The number of aliphatic hydroxyl groups is 1. The molecular weight excluding hydrogens is 195 g/mol. The van der Waals surface area contributed by atoms with Crippen molar-refractivity contribution < 1.29 is 5.11 Å². The first-order valence-electron chi connectivity index (χ1n) is 3.79. The van der Waals surface area contributed by atoms with Gasteiger partial charge in [-0.15, -0.1) is 0 Å². The van der Waals surface area contributed by atoms with Gasteiger partial charge in [-0.2, -0.15) is 0 Å². The van der Waals surface area contributed by atoms with Crippen LogP contribution in [0.5, 0.6) is 0 Å². The van der Waals surface area contributed by atoms with E-state index in [1.54, 1.807) is 18.2 Å². The molecule has 1 saturated carbocycles. The molecule has 0 unspecified atom stereocenters. The number of hydrogen-bond acceptors (Lipinski definition) is 1. The van der Waals surface area contributed by atoms with Crippen LogP contribution in [0.25, 0.3) is 0 Å². The zero-order valence-corrected chi connectivity index (χ0v) is 7.86. The van der Waals surface area contributed by atoms with Gasteiger partial charge in [-0.1, -0.05) is 23.2 Å². The Labute approximate surface area is 80.9 Å². The normalized spacial score (nSPS) is 19.2. The highest BCUT2D eigenvalue weighted by molar-refractivity contribution is 6.34. The Bertz CT molecular complexity index is 298. The molecule has 0 heterocycles. The van der Waals surface area contributed by atoms with E-state index >= 15 is 0 Å². The van der Waals surface area contributed by atoms with E-state index in [0.29, 0.717) is 10.0 Å². The van der Waals surface area contributed by atoms with Crippen LogP contribution in [0, 0.1) is 0 Å². The highest BCUT2D eigenvalue weighted by atomic mass is 35.5. The van der Waals surface area contributed by atoms with Crippen molar-refractivity contribution in [2.75, 3.05) is 0 Å². The molecule has 0 amide bonds. The van der Waals surface area contributed by atoms with Gasteiger partial charge in [0.1, 0.15) is 0 Å². The summed E-state index contributed by atoms with van der Waals surface area (Å²) in [6, 6.07) is 5.19. The van der Waals surface area contributed by atoms with E-state index in [1.807, 2.05) is 0 Å². The fraction of sp³-hybridized carbons (Fsp3) is 0.333. The molecule has 1 aliphatic carbocycles. The summed E-state index contributed by atoms with van der Waals surface area (Å²) in [6.45, 7) is 0. The molecule has 1 aromatic rings. The van der Waals surface area contributed by atoms with Gasteiger partial charge in [0, 0.05) is 10.0 Å². The maximum Gasteiger partial charge on any atom is 0.0900 e. The van der Waals surface area contributed by atoms with Crippen molar-refractivity contribution in [2.24, 2.45) is 0 Å². The highest BCUT2D eigenvalue weighted by Crippen LogP contribution is 2.46. The quantitative estimate of drug-likeness (QED) is 0.743. The summed E-state index contributed by atoms with van der Waals surface area (Å²) in [5.41, 5.74) is 0.189. The zero-order chi connectivity index (χ0) is 8.77. The van der Waals surface area contributed by atoms with Crippen LogP contribution in [0.15, 0.2) is 18.2 Å². The monoisotopic (exact) mass is 202 g/mol. The molecule has 2 rings (SSSR count). The van der Waals surface area contributed by atoms with Gasteiger partial charge < -0.3 is 5.11 Å². The van der Waals surface area contributed by atoms with Crippen molar-refractivity contribution in [3.05, 3.63) is 33.8 Å². The second kappa shape index (κ2) is 2.63. The Morgan fingerprint density at radius 3 is 2.00 bits per heavy atom. The number of rotatable bonds is 1. The lowest BCUT2D eigenvalue weighted by molar-refractivity contribution is 0.151. The van der Waals surface area contributed by atoms with Crippen LogP contribution in [0.3, 0.4) is 0 Å². The Kier molecular flexibility index (Phi) is 1.83. The summed E-state index contributed by atoms with van der Waals surface area (Å²) < 4.78 is 0. The van der Waals surface area contributed by atoms with E-state index in [0.717, 1.165) is 18.4 Å². The number of benzene rings is 1. The largest absolute Gasteiger partial charge is 0.385 e. The van der Waals surface area contributed by atoms with Gasteiger partial charge in [-0.25, -0.2) is 0 Å². The molecule has 0 saturated heterocycles. The maximum atomic E-state index is 9.73. The molecule has 1 N–H and O–H groups in total. The average molecular weight is 203 g/mol. The van der Waals surface area contributed by atoms with Crippen molar-refractivity contribution in [3.8, 4) is 0 Å². The predicted molar refractivity (Wildman–Crippen MR) is 49.6 cm³/mol. The van der Waals surface area contributed by atoms with Gasteiger partial charge in [-0.05, 0) is 36.6 Å². The second-order valence-electron chi connectivity index (χ2n) is 3.19. The summed E-state index contributed by atoms with van der Waals surface area (Å²) >= 11 is 11.6. The molecule has 1 nitrogen and oxygen atoms in total. The van der Waals surface area contributed by atoms with E-state index in [1.165, 1.54) is 0 Å². The molecule has 12 heavy (non-hydrogen) atoms. The van der Waals surface area contributed by atoms with Crippen molar-refractivity contribution in [1.82, 2.24) is 0 Å². The third-order valence-electron chi connectivity index (χ3n) is 2.12. The molecule has 0 bridgehead atoms. The molecule has 1 aliphatic rings. The molecule has 0 radical (unpaired) electrons. The van der Waals surface area contributed by atoms with Gasteiger partial charge in [0.2, 0.25) is 0 Å². The first kappa shape index (κ1) is 8.36. The van der Waals surface area contributed by atoms with Crippen LogP contribution >= 0.6 is 23.2 Å². The van der Waals surface area contributed by atoms with Crippen LogP contribution in [-0.2, 0) is 5.60 Å². The minimum atomic E-state index is -0.644. The van der Waals surface area contributed by atoms with Crippen molar-refractivity contribution >= 4 is 23.2 Å². The molecule has 1 aromatic carbocycles.